The Morgan fingerprint density at radius 3 is 2.41 bits per heavy atom. The van der Waals surface area contributed by atoms with Crippen LogP contribution in [0.15, 0.2) is 58.8 Å². The lowest BCUT2D eigenvalue weighted by Crippen LogP contribution is -2.25. The Kier molecular flexibility index (Phi) is 6.00. The van der Waals surface area contributed by atoms with Crippen molar-refractivity contribution in [2.24, 2.45) is 0 Å². The largest absolute Gasteiger partial charge is 0.284 e. The van der Waals surface area contributed by atoms with Crippen LogP contribution in [0.2, 0.25) is 5.02 Å². The minimum atomic E-state index is -0.436. The van der Waals surface area contributed by atoms with E-state index in [0.717, 1.165) is 16.8 Å². The van der Waals surface area contributed by atoms with Crippen LogP contribution in [0, 0.1) is 10.1 Å². The summed E-state index contributed by atoms with van der Waals surface area (Å²) in [4.78, 5) is 25.6. The van der Waals surface area contributed by atoms with E-state index in [2.05, 4.69) is 0 Å². The van der Waals surface area contributed by atoms with Crippen LogP contribution < -0.4 is 0 Å². The average Bonchev–Trinajstić information content (AvgIpc) is 3.18. The first-order valence-corrected chi connectivity index (χ1v) is 9.81. The summed E-state index contributed by atoms with van der Waals surface area (Å²) in [6.07, 6.45) is 1.86. The summed E-state index contributed by atoms with van der Waals surface area (Å²) < 4.78 is -0.0498. The van der Waals surface area contributed by atoms with Gasteiger partial charge < -0.3 is 0 Å². The Morgan fingerprint density at radius 1 is 1.11 bits per heavy atom. The van der Waals surface area contributed by atoms with E-state index in [0.29, 0.717) is 9.93 Å². The van der Waals surface area contributed by atoms with Gasteiger partial charge in [0.25, 0.3) is 11.6 Å². The number of hydrogen-bond acceptors (Lipinski definition) is 5. The number of nitro groups is 1. The molecule has 1 unspecified atom stereocenters. The van der Waals surface area contributed by atoms with Crippen molar-refractivity contribution in [1.29, 1.82) is 0 Å². The van der Waals surface area contributed by atoms with Gasteiger partial charge in [0.2, 0.25) is 0 Å². The Morgan fingerprint density at radius 2 is 1.78 bits per heavy atom. The molecule has 2 aliphatic heterocycles. The van der Waals surface area contributed by atoms with Crippen LogP contribution in [0.25, 0.3) is 11.8 Å². The van der Waals surface area contributed by atoms with E-state index in [1.165, 1.54) is 23.9 Å². The van der Waals surface area contributed by atoms with E-state index >= 15 is 0 Å². The monoisotopic (exact) mass is 482 g/mol. The van der Waals surface area contributed by atoms with E-state index in [9.17, 15) is 14.9 Å². The lowest BCUT2D eigenvalue weighted by Gasteiger charge is -2.17. The summed E-state index contributed by atoms with van der Waals surface area (Å²) in [5.41, 5.74) is 2.50. The smallest absolute Gasteiger partial charge is 0.269 e. The number of hydrogen-bond donors (Lipinski definition) is 0. The van der Waals surface area contributed by atoms with Crippen LogP contribution in [0.1, 0.15) is 11.1 Å². The number of non-ortho nitro benzene ring substituents is 1. The van der Waals surface area contributed by atoms with Crippen LogP contribution in [-0.2, 0) is 4.79 Å². The summed E-state index contributed by atoms with van der Waals surface area (Å²) in [5.74, 6) is -0.0652. The minimum Gasteiger partial charge on any atom is -0.284 e. The highest BCUT2D eigenvalue weighted by Crippen LogP contribution is 2.51. The van der Waals surface area contributed by atoms with Crippen LogP contribution in [0.3, 0.4) is 0 Å². The second-order valence-corrected chi connectivity index (χ2v) is 8.41. The Bertz CT molecular complexity index is 962. The van der Waals surface area contributed by atoms with E-state index in [1.807, 2.05) is 23.6 Å². The maximum atomic E-state index is 12.9. The number of fused-ring (bicyclic) bond motifs is 1. The Labute approximate surface area is 179 Å². The van der Waals surface area contributed by atoms with Gasteiger partial charge in [0.15, 0.2) is 0 Å². The number of nitrogens with zero attached hydrogens (tertiary/aromatic N) is 2. The van der Waals surface area contributed by atoms with Gasteiger partial charge in [-0.2, -0.15) is 0 Å². The topological polar surface area (TPSA) is 63.4 Å². The predicted molar refractivity (Wildman–Crippen MR) is 117 cm³/mol. The highest BCUT2D eigenvalue weighted by Gasteiger charge is 2.42. The van der Waals surface area contributed by atoms with E-state index in [4.69, 9.17) is 11.6 Å². The Hall–Kier alpha value is -1.74. The summed E-state index contributed by atoms with van der Waals surface area (Å²) in [6, 6.07) is 13.6. The number of nitro benzene ring substituents is 1. The molecule has 0 aliphatic carbocycles. The molecular weight excluding hydrogens is 472 g/mol. The van der Waals surface area contributed by atoms with Gasteiger partial charge in [-0.3, -0.25) is 19.8 Å². The van der Waals surface area contributed by atoms with Crippen LogP contribution in [0.4, 0.5) is 5.69 Å². The van der Waals surface area contributed by atoms with Crippen molar-refractivity contribution in [1.82, 2.24) is 4.90 Å². The van der Waals surface area contributed by atoms with Gasteiger partial charge in [-0.25, -0.2) is 0 Å². The van der Waals surface area contributed by atoms with E-state index in [1.54, 1.807) is 40.9 Å². The van der Waals surface area contributed by atoms with E-state index in [-0.39, 0.29) is 33.3 Å². The number of amides is 1. The highest BCUT2D eigenvalue weighted by molar-refractivity contribution is 8.93. The molecule has 1 fully saturated rings. The molecule has 5 nitrogen and oxygen atoms in total. The lowest BCUT2D eigenvalue weighted by atomic mass is 10.1. The third kappa shape index (κ3) is 3.94. The molecule has 0 N–H and O–H groups in total. The number of benzene rings is 2. The maximum Gasteiger partial charge on any atom is 0.269 e. The number of carbonyl (C=O) groups is 1. The molecule has 0 radical (unpaired) electrons. The number of carbonyl (C=O) groups excluding carboxylic acids is 1. The fraction of sp³-hybridized carbons (Fsp3) is 0.0556. The van der Waals surface area contributed by atoms with Crippen LogP contribution >= 0.6 is 52.1 Å². The second kappa shape index (κ2) is 8.10. The number of rotatable bonds is 3. The zero-order valence-electron chi connectivity index (χ0n) is 13.6. The molecule has 27 heavy (non-hydrogen) atoms. The average molecular weight is 484 g/mol. The molecule has 2 aromatic rings. The molecule has 0 saturated carbocycles. The molecule has 0 aromatic heterocycles. The maximum absolute atomic E-state index is 12.9. The normalized spacial score (nSPS) is 19.7. The summed E-state index contributed by atoms with van der Waals surface area (Å²) in [5, 5.41) is 13.4. The molecule has 138 valence electrons. The summed E-state index contributed by atoms with van der Waals surface area (Å²) in [6.45, 7) is 0. The van der Waals surface area contributed by atoms with Gasteiger partial charge >= 0.3 is 0 Å². The zero-order valence-corrected chi connectivity index (χ0v) is 17.7. The van der Waals surface area contributed by atoms with Crippen molar-refractivity contribution < 1.29 is 9.72 Å². The number of thioether (sulfide) groups is 2. The molecule has 1 atom stereocenters. The van der Waals surface area contributed by atoms with Gasteiger partial charge in [-0.1, -0.05) is 47.3 Å². The Balaban J connectivity index is 0.00000210. The molecule has 2 aromatic carbocycles. The fourth-order valence-corrected chi connectivity index (χ4v) is 5.27. The molecule has 2 aliphatic rings. The first-order valence-electron chi connectivity index (χ1n) is 7.61. The van der Waals surface area contributed by atoms with Crippen molar-refractivity contribution in [2.75, 3.05) is 0 Å². The van der Waals surface area contributed by atoms with Gasteiger partial charge in [-0.05, 0) is 46.9 Å². The van der Waals surface area contributed by atoms with Crippen LogP contribution in [-0.4, -0.2) is 20.4 Å². The minimum absolute atomic E-state index is 0. The quantitative estimate of drug-likeness (QED) is 0.315. The zero-order chi connectivity index (χ0) is 18.3. The van der Waals surface area contributed by atoms with Gasteiger partial charge in [-0.15, -0.1) is 17.0 Å². The van der Waals surface area contributed by atoms with Crippen molar-refractivity contribution in [2.45, 2.75) is 4.71 Å². The van der Waals surface area contributed by atoms with Crippen molar-refractivity contribution in [3.63, 3.8) is 0 Å². The highest BCUT2D eigenvalue weighted by atomic mass is 79.9. The lowest BCUT2D eigenvalue weighted by molar-refractivity contribution is -0.384. The van der Waals surface area contributed by atoms with Crippen molar-refractivity contribution >= 4 is 75.5 Å². The molecule has 0 bridgehead atoms. The van der Waals surface area contributed by atoms with Crippen molar-refractivity contribution in [3.8, 4) is 0 Å². The summed E-state index contributed by atoms with van der Waals surface area (Å²) >= 11 is 8.96. The molecule has 2 heterocycles. The third-order valence-electron chi connectivity index (χ3n) is 3.97. The summed E-state index contributed by atoms with van der Waals surface area (Å²) in [7, 11) is 0. The van der Waals surface area contributed by atoms with Gasteiger partial charge in [0, 0.05) is 17.2 Å². The number of halogens is 2. The standard InChI is InChI=1S/C18H11ClN2O3S2.BrH/c19-13-5-1-11(2-6-13)9-16-17(22)20-15(10-25-18(20)26-16)12-3-7-14(8-4-12)21(23)24;/h1-10,18H;1H. The second-order valence-electron chi connectivity index (χ2n) is 5.60. The predicted octanol–water partition coefficient (Wildman–Crippen LogP) is 5.77. The van der Waals surface area contributed by atoms with E-state index < -0.39 is 4.92 Å². The van der Waals surface area contributed by atoms with Gasteiger partial charge in [0.1, 0.15) is 4.71 Å². The van der Waals surface area contributed by atoms with Crippen molar-refractivity contribution in [3.05, 3.63) is 85.1 Å². The first-order chi connectivity index (χ1) is 12.5. The third-order valence-corrected chi connectivity index (χ3v) is 6.60. The molecular formula is C18H12BrClN2O3S2. The van der Waals surface area contributed by atoms with Gasteiger partial charge in [0.05, 0.1) is 15.5 Å². The molecule has 1 amide bonds. The molecule has 9 heteroatoms. The SMILES string of the molecule is Br.O=C1C(=Cc2ccc(Cl)cc2)SC2SC=C(c3ccc([N+](=O)[O-])cc3)N12. The fourth-order valence-electron chi connectivity index (χ4n) is 2.68. The molecule has 4 rings (SSSR count). The first kappa shape index (κ1) is 20.0. The molecule has 1 saturated heterocycles. The van der Waals surface area contributed by atoms with Crippen LogP contribution in [0.5, 0.6) is 0 Å². The molecule has 0 spiro atoms.